The predicted molar refractivity (Wildman–Crippen MR) is 112 cm³/mol. The van der Waals surface area contributed by atoms with Crippen LogP contribution in [0.3, 0.4) is 0 Å². The number of hydrogen-bond donors (Lipinski definition) is 2. The van der Waals surface area contributed by atoms with Gasteiger partial charge in [-0.3, -0.25) is 14.6 Å². The summed E-state index contributed by atoms with van der Waals surface area (Å²) in [5.74, 6) is 0.581. The van der Waals surface area contributed by atoms with Crippen LogP contribution in [0.4, 0.5) is 0 Å². The zero-order valence-corrected chi connectivity index (χ0v) is 16.7. The third kappa shape index (κ3) is 4.93. The van der Waals surface area contributed by atoms with E-state index in [0.29, 0.717) is 35.6 Å². The standard InChI is InChI=1S/C22H25N3O4/c1-3-4-5-11-29-20-18(28-2)9-8-16-12-17(22(27)25-19(16)20)21(26)24-14-15-7-6-10-23-13-15/h6-10,12-13H,3-5,11,14H2,1-2H3,(H,24,26)(H,25,27). The molecule has 0 radical (unpaired) electrons. The first-order chi connectivity index (χ1) is 14.1. The quantitative estimate of drug-likeness (QED) is 0.542. The maximum absolute atomic E-state index is 12.6. The SMILES string of the molecule is CCCCCOc1c(OC)ccc2cc(C(=O)NCc3cccnc3)c(=O)[nH]c12. The summed E-state index contributed by atoms with van der Waals surface area (Å²) >= 11 is 0. The number of aromatic nitrogens is 2. The molecule has 0 bridgehead atoms. The maximum Gasteiger partial charge on any atom is 0.261 e. The smallest absolute Gasteiger partial charge is 0.261 e. The Morgan fingerprint density at radius 2 is 2.10 bits per heavy atom. The third-order valence-electron chi connectivity index (χ3n) is 4.57. The van der Waals surface area contributed by atoms with Crippen LogP contribution in [-0.2, 0) is 6.54 Å². The number of carbonyl (C=O) groups excluding carboxylic acids is 1. The van der Waals surface area contributed by atoms with Crippen molar-refractivity contribution in [3.63, 3.8) is 0 Å². The van der Waals surface area contributed by atoms with Crippen LogP contribution >= 0.6 is 0 Å². The summed E-state index contributed by atoms with van der Waals surface area (Å²) in [4.78, 5) is 31.9. The van der Waals surface area contributed by atoms with Gasteiger partial charge in [0.15, 0.2) is 11.5 Å². The highest BCUT2D eigenvalue weighted by atomic mass is 16.5. The molecule has 1 amide bonds. The van der Waals surface area contributed by atoms with Gasteiger partial charge in [-0.25, -0.2) is 0 Å². The molecule has 2 N–H and O–H groups in total. The monoisotopic (exact) mass is 395 g/mol. The minimum absolute atomic E-state index is 0.0449. The number of pyridine rings is 2. The van der Waals surface area contributed by atoms with E-state index in [2.05, 4.69) is 22.2 Å². The molecule has 2 heterocycles. The van der Waals surface area contributed by atoms with Crippen LogP contribution in [0.5, 0.6) is 11.5 Å². The van der Waals surface area contributed by atoms with Crippen molar-refractivity contribution in [3.05, 3.63) is 64.2 Å². The Labute approximate surface area is 169 Å². The Kier molecular flexibility index (Phi) is 6.84. The summed E-state index contributed by atoms with van der Waals surface area (Å²) in [6.45, 7) is 2.94. The van der Waals surface area contributed by atoms with Gasteiger partial charge in [0.1, 0.15) is 5.56 Å². The number of rotatable bonds is 9. The van der Waals surface area contributed by atoms with Crippen molar-refractivity contribution in [1.82, 2.24) is 15.3 Å². The van der Waals surface area contributed by atoms with Gasteiger partial charge in [0, 0.05) is 24.3 Å². The van der Waals surface area contributed by atoms with Crippen molar-refractivity contribution in [2.45, 2.75) is 32.7 Å². The van der Waals surface area contributed by atoms with Crippen LogP contribution in [0.2, 0.25) is 0 Å². The highest BCUT2D eigenvalue weighted by molar-refractivity contribution is 5.98. The molecule has 7 nitrogen and oxygen atoms in total. The fraction of sp³-hybridized carbons (Fsp3) is 0.318. The lowest BCUT2D eigenvalue weighted by Gasteiger charge is -2.14. The van der Waals surface area contributed by atoms with E-state index in [4.69, 9.17) is 9.47 Å². The number of carbonyl (C=O) groups is 1. The summed E-state index contributed by atoms with van der Waals surface area (Å²) < 4.78 is 11.3. The van der Waals surface area contributed by atoms with Crippen LogP contribution in [-0.4, -0.2) is 29.6 Å². The van der Waals surface area contributed by atoms with E-state index < -0.39 is 11.5 Å². The van der Waals surface area contributed by atoms with Gasteiger partial charge in [0.25, 0.3) is 11.5 Å². The van der Waals surface area contributed by atoms with Gasteiger partial charge in [-0.15, -0.1) is 0 Å². The van der Waals surface area contributed by atoms with Gasteiger partial charge < -0.3 is 19.8 Å². The Morgan fingerprint density at radius 1 is 1.24 bits per heavy atom. The number of amides is 1. The predicted octanol–water partition coefficient (Wildman–Crippen LogP) is 3.43. The number of nitrogens with zero attached hydrogens (tertiary/aromatic N) is 1. The van der Waals surface area contributed by atoms with Gasteiger partial charge in [-0.1, -0.05) is 25.8 Å². The molecule has 0 aliphatic carbocycles. The van der Waals surface area contributed by atoms with E-state index >= 15 is 0 Å². The van der Waals surface area contributed by atoms with E-state index in [1.165, 1.54) is 0 Å². The number of H-pyrrole nitrogens is 1. The van der Waals surface area contributed by atoms with E-state index in [-0.39, 0.29) is 5.56 Å². The third-order valence-corrected chi connectivity index (χ3v) is 4.57. The second kappa shape index (κ2) is 9.73. The van der Waals surface area contributed by atoms with Crippen molar-refractivity contribution in [2.24, 2.45) is 0 Å². The van der Waals surface area contributed by atoms with Crippen molar-refractivity contribution in [3.8, 4) is 11.5 Å². The molecule has 0 fully saturated rings. The first kappa shape index (κ1) is 20.4. The number of ether oxygens (including phenoxy) is 2. The fourth-order valence-electron chi connectivity index (χ4n) is 3.01. The van der Waals surface area contributed by atoms with E-state index in [9.17, 15) is 9.59 Å². The van der Waals surface area contributed by atoms with E-state index in [1.807, 2.05) is 6.07 Å². The largest absolute Gasteiger partial charge is 0.493 e. The molecular formula is C22H25N3O4. The molecule has 0 atom stereocenters. The van der Waals surface area contributed by atoms with Gasteiger partial charge in [-0.2, -0.15) is 0 Å². The summed E-state index contributed by atoms with van der Waals surface area (Å²) in [5.41, 5.74) is 0.941. The summed E-state index contributed by atoms with van der Waals surface area (Å²) in [6.07, 6.45) is 6.39. The molecule has 0 aliphatic rings. The number of unbranched alkanes of at least 4 members (excludes halogenated alkanes) is 2. The zero-order valence-electron chi connectivity index (χ0n) is 16.7. The summed E-state index contributed by atoms with van der Waals surface area (Å²) in [6, 6.07) is 8.78. The summed E-state index contributed by atoms with van der Waals surface area (Å²) in [7, 11) is 1.55. The molecule has 0 saturated heterocycles. The highest BCUT2D eigenvalue weighted by Crippen LogP contribution is 2.34. The number of aromatic amines is 1. The first-order valence-electron chi connectivity index (χ1n) is 9.68. The van der Waals surface area contributed by atoms with Crippen molar-refractivity contribution in [1.29, 1.82) is 0 Å². The zero-order chi connectivity index (χ0) is 20.6. The van der Waals surface area contributed by atoms with Crippen molar-refractivity contribution in [2.75, 3.05) is 13.7 Å². The molecule has 0 spiro atoms. The lowest BCUT2D eigenvalue weighted by atomic mass is 10.1. The van der Waals surface area contributed by atoms with Gasteiger partial charge >= 0.3 is 0 Å². The lowest BCUT2D eigenvalue weighted by molar-refractivity contribution is 0.0949. The number of methoxy groups -OCH3 is 1. The van der Waals surface area contributed by atoms with E-state index in [0.717, 1.165) is 24.8 Å². The minimum atomic E-state index is -0.479. The first-order valence-corrected chi connectivity index (χ1v) is 9.68. The highest BCUT2D eigenvalue weighted by Gasteiger charge is 2.16. The molecule has 0 unspecified atom stereocenters. The lowest BCUT2D eigenvalue weighted by Crippen LogP contribution is -2.29. The van der Waals surface area contributed by atoms with Crippen LogP contribution in [0.25, 0.3) is 10.9 Å². The fourth-order valence-corrected chi connectivity index (χ4v) is 3.01. The van der Waals surface area contributed by atoms with Gasteiger partial charge in [0.2, 0.25) is 0 Å². The molecule has 7 heteroatoms. The van der Waals surface area contributed by atoms with Gasteiger partial charge in [-0.05, 0) is 36.2 Å². The number of hydrogen-bond acceptors (Lipinski definition) is 5. The average Bonchev–Trinajstić information content (AvgIpc) is 2.75. The van der Waals surface area contributed by atoms with Gasteiger partial charge in [0.05, 0.1) is 19.2 Å². The molecule has 1 aromatic carbocycles. The second-order valence-corrected chi connectivity index (χ2v) is 6.67. The Hall–Kier alpha value is -3.35. The Morgan fingerprint density at radius 3 is 2.83 bits per heavy atom. The molecule has 0 saturated carbocycles. The van der Waals surface area contributed by atoms with Crippen molar-refractivity contribution >= 4 is 16.8 Å². The topological polar surface area (TPSA) is 93.3 Å². The van der Waals surface area contributed by atoms with Crippen LogP contribution in [0.15, 0.2) is 47.5 Å². The maximum atomic E-state index is 12.6. The molecule has 3 rings (SSSR count). The molecular weight excluding hydrogens is 370 g/mol. The Bertz CT molecular complexity index is 1030. The average molecular weight is 395 g/mol. The van der Waals surface area contributed by atoms with Crippen LogP contribution < -0.4 is 20.3 Å². The number of fused-ring (bicyclic) bond motifs is 1. The van der Waals surface area contributed by atoms with Crippen LogP contribution in [0, 0.1) is 0 Å². The molecule has 152 valence electrons. The molecule has 3 aromatic rings. The number of benzene rings is 1. The van der Waals surface area contributed by atoms with Crippen LogP contribution in [0.1, 0.15) is 42.1 Å². The minimum Gasteiger partial charge on any atom is -0.493 e. The van der Waals surface area contributed by atoms with E-state index in [1.54, 1.807) is 43.8 Å². The number of nitrogens with one attached hydrogen (secondary N) is 2. The molecule has 2 aromatic heterocycles. The molecule has 0 aliphatic heterocycles. The molecule has 29 heavy (non-hydrogen) atoms. The second-order valence-electron chi connectivity index (χ2n) is 6.67. The Balaban J connectivity index is 1.86. The normalized spacial score (nSPS) is 10.7. The summed E-state index contributed by atoms with van der Waals surface area (Å²) in [5, 5.41) is 3.45. The van der Waals surface area contributed by atoms with Crippen molar-refractivity contribution < 1.29 is 14.3 Å².